The summed E-state index contributed by atoms with van der Waals surface area (Å²) in [5.41, 5.74) is 5.27. The molecule has 12 heteroatoms. The normalized spacial score (nSPS) is 17.0. The number of piperidine rings is 1. The predicted octanol–water partition coefficient (Wildman–Crippen LogP) is 3.17. The van der Waals surface area contributed by atoms with Crippen molar-refractivity contribution in [2.45, 2.75) is 45.3 Å². The van der Waals surface area contributed by atoms with E-state index in [4.69, 9.17) is 31.4 Å². The van der Waals surface area contributed by atoms with Gasteiger partial charge in [0.1, 0.15) is 17.9 Å². The molecule has 0 bridgehead atoms. The Morgan fingerprint density at radius 1 is 1.13 bits per heavy atom. The summed E-state index contributed by atoms with van der Waals surface area (Å²) in [6.07, 6.45) is 9.48. The summed E-state index contributed by atoms with van der Waals surface area (Å²) >= 11 is 5.87. The number of likely N-dealkylation sites (tertiary alicyclic amines) is 1. The summed E-state index contributed by atoms with van der Waals surface area (Å²) in [5.74, 6) is 1.04. The molecule has 2 aromatic carbocycles. The molecule has 46 heavy (non-hydrogen) atoms. The molecule has 0 aliphatic carbocycles. The van der Waals surface area contributed by atoms with E-state index in [-0.39, 0.29) is 75.6 Å². The SMILES string of the molecule is COCCn1c(CN2CCC(C3=CC=CC(OCc4ccc(Cl)cc4F)N3)CC2)nc2cc([N-]Cc3ccc(=O)[nH]c3)ccc21.[K+]. The van der Waals surface area contributed by atoms with Gasteiger partial charge in [-0.05, 0) is 67.9 Å². The van der Waals surface area contributed by atoms with Gasteiger partial charge in [-0.25, -0.2) is 9.37 Å². The smallest absolute Gasteiger partial charge is 0.681 e. The molecule has 2 aliphatic heterocycles. The van der Waals surface area contributed by atoms with Crippen LogP contribution in [-0.4, -0.2) is 52.5 Å². The Balaban J connectivity index is 0.00000417. The number of benzene rings is 2. The van der Waals surface area contributed by atoms with E-state index in [0.29, 0.717) is 29.7 Å². The van der Waals surface area contributed by atoms with Crippen molar-refractivity contribution in [2.24, 2.45) is 5.92 Å². The van der Waals surface area contributed by atoms with Crippen molar-refractivity contribution in [3.05, 3.63) is 122 Å². The van der Waals surface area contributed by atoms with Crippen LogP contribution in [0.3, 0.4) is 0 Å². The van der Waals surface area contributed by atoms with Gasteiger partial charge in [0.25, 0.3) is 0 Å². The maximum Gasteiger partial charge on any atom is 1.00 e. The molecule has 0 radical (unpaired) electrons. The van der Waals surface area contributed by atoms with Crippen molar-refractivity contribution in [3.8, 4) is 0 Å². The van der Waals surface area contributed by atoms with Gasteiger partial charge in [0, 0.05) is 48.1 Å². The van der Waals surface area contributed by atoms with Gasteiger partial charge in [-0.1, -0.05) is 35.9 Å². The molecule has 1 atom stereocenters. The molecule has 6 rings (SSSR count). The average Bonchev–Trinajstić information content (AvgIpc) is 3.39. The number of dihydropyridines is 1. The summed E-state index contributed by atoms with van der Waals surface area (Å²) in [4.78, 5) is 21.5. The fourth-order valence-electron chi connectivity index (χ4n) is 5.84. The van der Waals surface area contributed by atoms with Crippen LogP contribution in [0.25, 0.3) is 16.4 Å². The van der Waals surface area contributed by atoms with Crippen molar-refractivity contribution in [1.82, 2.24) is 24.8 Å². The number of aromatic nitrogens is 3. The zero-order valence-corrected chi connectivity index (χ0v) is 30.1. The third-order valence-electron chi connectivity index (χ3n) is 8.32. The number of nitrogens with zero attached hydrogens (tertiary/aromatic N) is 4. The van der Waals surface area contributed by atoms with E-state index in [2.05, 4.69) is 31.9 Å². The van der Waals surface area contributed by atoms with Crippen LogP contribution in [0.2, 0.25) is 5.02 Å². The zero-order chi connectivity index (χ0) is 31.2. The van der Waals surface area contributed by atoms with Gasteiger partial charge in [-0.2, -0.15) is 0 Å². The largest absolute Gasteiger partial charge is 1.00 e. The summed E-state index contributed by atoms with van der Waals surface area (Å²) in [7, 11) is 1.71. The number of rotatable bonds is 12. The number of hydrogen-bond acceptors (Lipinski definition) is 6. The standard InChI is InChI=1S/C34H37ClFN6O3.K/c1-44-16-15-42-31-9-8-27(37-19-23-5-10-33(43)38-20-23)18-30(31)39-32(42)21-41-13-11-24(12-14-41)29-3-2-4-34(40-29)45-22-25-6-7-26(35)17-28(25)36;/h2-10,17-18,20,24,34,40H,11-16,19,21-22H2,1H3,(H,38,43);/q-1;+1. The Labute approximate surface area is 315 Å². The average molecular weight is 671 g/mol. The minimum Gasteiger partial charge on any atom is -0.681 e. The fraction of sp³-hybridized carbons (Fsp3) is 0.353. The molecule has 2 aliphatic rings. The second kappa shape index (κ2) is 16.7. The monoisotopic (exact) mass is 670 g/mol. The number of nitrogens with one attached hydrogen (secondary N) is 2. The molecule has 2 aromatic heterocycles. The summed E-state index contributed by atoms with van der Waals surface area (Å²) < 4.78 is 27.8. The molecule has 0 amide bonds. The molecule has 9 nitrogen and oxygen atoms in total. The van der Waals surface area contributed by atoms with E-state index in [1.165, 1.54) is 12.1 Å². The fourth-order valence-corrected chi connectivity index (χ4v) is 5.99. The topological polar surface area (TPSA) is 98.5 Å². The third-order valence-corrected chi connectivity index (χ3v) is 8.55. The Hall–Kier alpha value is -2.32. The molecule has 4 heterocycles. The number of aromatic amines is 1. The molecule has 2 N–H and O–H groups in total. The van der Waals surface area contributed by atoms with E-state index in [1.807, 2.05) is 24.3 Å². The van der Waals surface area contributed by atoms with E-state index >= 15 is 0 Å². The zero-order valence-electron chi connectivity index (χ0n) is 26.2. The molecular weight excluding hydrogens is 634 g/mol. The predicted molar refractivity (Wildman–Crippen MR) is 174 cm³/mol. The second-order valence-electron chi connectivity index (χ2n) is 11.4. The van der Waals surface area contributed by atoms with Crippen LogP contribution in [0.15, 0.2) is 83.4 Å². The van der Waals surface area contributed by atoms with Crippen molar-refractivity contribution >= 4 is 28.3 Å². The van der Waals surface area contributed by atoms with Gasteiger partial charge < -0.3 is 29.7 Å². The summed E-state index contributed by atoms with van der Waals surface area (Å²) in [6, 6.07) is 14.0. The number of pyridine rings is 1. The summed E-state index contributed by atoms with van der Waals surface area (Å²) in [5, 5.41) is 8.58. The molecule has 1 fully saturated rings. The number of fused-ring (bicyclic) bond motifs is 1. The van der Waals surface area contributed by atoms with Crippen molar-refractivity contribution < 1.29 is 65.2 Å². The summed E-state index contributed by atoms with van der Waals surface area (Å²) in [6.45, 7) is 4.59. The third kappa shape index (κ3) is 8.97. The van der Waals surface area contributed by atoms with Crippen LogP contribution in [0.1, 0.15) is 29.8 Å². The molecule has 236 valence electrons. The number of hydrogen-bond donors (Lipinski definition) is 2. The van der Waals surface area contributed by atoms with Crippen LogP contribution in [0.5, 0.6) is 0 Å². The van der Waals surface area contributed by atoms with Crippen molar-refractivity contribution in [2.75, 3.05) is 26.8 Å². The maximum absolute atomic E-state index is 14.2. The van der Waals surface area contributed by atoms with E-state index in [9.17, 15) is 9.18 Å². The van der Waals surface area contributed by atoms with Gasteiger partial charge >= 0.3 is 51.4 Å². The van der Waals surface area contributed by atoms with Gasteiger partial charge in [0.15, 0.2) is 0 Å². The minimum atomic E-state index is -0.362. The van der Waals surface area contributed by atoms with Gasteiger partial charge in [-0.3, -0.25) is 9.69 Å². The van der Waals surface area contributed by atoms with Gasteiger partial charge in [-0.15, -0.1) is 12.2 Å². The second-order valence-corrected chi connectivity index (χ2v) is 11.8. The number of H-pyrrole nitrogens is 1. The van der Waals surface area contributed by atoms with Crippen molar-refractivity contribution in [3.63, 3.8) is 0 Å². The quantitative estimate of drug-likeness (QED) is 0.225. The van der Waals surface area contributed by atoms with Gasteiger partial charge in [0.2, 0.25) is 5.56 Å². The molecular formula is C34H37ClFKN6O3. The first-order chi connectivity index (χ1) is 21.9. The Kier molecular flexibility index (Phi) is 12.7. The van der Waals surface area contributed by atoms with Crippen molar-refractivity contribution in [1.29, 1.82) is 0 Å². The first-order valence-electron chi connectivity index (χ1n) is 15.2. The molecule has 1 unspecified atom stereocenters. The molecule has 4 aromatic rings. The maximum atomic E-state index is 14.2. The molecule has 1 saturated heterocycles. The van der Waals surface area contributed by atoms with Crippen LogP contribution in [0, 0.1) is 11.7 Å². The first-order valence-corrected chi connectivity index (χ1v) is 15.6. The number of imidazole rings is 1. The van der Waals surface area contributed by atoms with Crippen LogP contribution in [-0.2, 0) is 35.7 Å². The van der Waals surface area contributed by atoms with Gasteiger partial charge in [0.05, 0.1) is 30.8 Å². The Morgan fingerprint density at radius 3 is 2.74 bits per heavy atom. The van der Waals surface area contributed by atoms with E-state index in [0.717, 1.165) is 72.8 Å². The number of methoxy groups -OCH3 is 1. The Morgan fingerprint density at radius 2 is 1.98 bits per heavy atom. The number of allylic oxidation sites excluding steroid dienone is 3. The molecule has 0 spiro atoms. The Bertz CT molecular complexity index is 1730. The van der Waals surface area contributed by atoms with Crippen LogP contribution < -0.4 is 62.3 Å². The van der Waals surface area contributed by atoms with Crippen LogP contribution in [0.4, 0.5) is 10.1 Å². The number of ether oxygens (including phenoxy) is 2. The number of halogens is 2. The van der Waals surface area contributed by atoms with Crippen LogP contribution >= 0.6 is 11.6 Å². The first kappa shape index (κ1) is 35.0. The van der Waals surface area contributed by atoms with E-state index < -0.39 is 0 Å². The van der Waals surface area contributed by atoms with E-state index in [1.54, 1.807) is 31.5 Å². The minimum absolute atomic E-state index is 0. The molecule has 0 saturated carbocycles.